The fraction of sp³-hybridized carbons (Fsp3) is 0.611. The Kier molecular flexibility index (Phi) is 4.43. The Morgan fingerprint density at radius 1 is 1.19 bits per heavy atom. The highest BCUT2D eigenvalue weighted by Crippen LogP contribution is 2.36. The van der Waals surface area contributed by atoms with Crippen molar-refractivity contribution < 1.29 is 4.79 Å². The molecule has 1 aromatic rings. The van der Waals surface area contributed by atoms with Crippen molar-refractivity contribution in [3.05, 3.63) is 34.9 Å². The van der Waals surface area contributed by atoms with Gasteiger partial charge in [-0.3, -0.25) is 4.79 Å². The van der Waals surface area contributed by atoms with Crippen molar-refractivity contribution in [2.24, 2.45) is 5.73 Å². The maximum atomic E-state index is 12.6. The van der Waals surface area contributed by atoms with Gasteiger partial charge in [-0.15, -0.1) is 0 Å². The van der Waals surface area contributed by atoms with E-state index in [2.05, 4.69) is 52.8 Å². The van der Waals surface area contributed by atoms with Gasteiger partial charge in [0.25, 0.3) is 0 Å². The Morgan fingerprint density at radius 2 is 1.86 bits per heavy atom. The first kappa shape index (κ1) is 16.0. The molecule has 2 N–H and O–H groups in total. The molecule has 1 heterocycles. The monoisotopic (exact) mass is 288 g/mol. The lowest BCUT2D eigenvalue weighted by Gasteiger charge is -2.43. The quantitative estimate of drug-likeness (QED) is 0.860. The van der Waals surface area contributed by atoms with Gasteiger partial charge < -0.3 is 10.6 Å². The maximum absolute atomic E-state index is 12.6. The van der Waals surface area contributed by atoms with Gasteiger partial charge in [-0.25, -0.2) is 0 Å². The Morgan fingerprint density at radius 3 is 2.43 bits per heavy atom. The molecule has 21 heavy (non-hydrogen) atoms. The number of nitrogens with two attached hydrogens (primary N) is 1. The predicted octanol–water partition coefficient (Wildman–Crippen LogP) is 3.48. The van der Waals surface area contributed by atoms with E-state index in [9.17, 15) is 4.79 Å². The first-order valence-electron chi connectivity index (χ1n) is 7.86. The molecule has 3 heteroatoms. The molecule has 0 aliphatic carbocycles. The van der Waals surface area contributed by atoms with Crippen LogP contribution in [0.2, 0.25) is 0 Å². The van der Waals surface area contributed by atoms with Crippen LogP contribution in [0, 0.1) is 13.8 Å². The topological polar surface area (TPSA) is 46.3 Å². The number of hydrogen-bond acceptors (Lipinski definition) is 2. The number of amides is 1. The molecule has 0 radical (unpaired) electrons. The van der Waals surface area contributed by atoms with Crippen LogP contribution in [0.25, 0.3) is 0 Å². The summed E-state index contributed by atoms with van der Waals surface area (Å²) in [6, 6.07) is 6.42. The highest BCUT2D eigenvalue weighted by atomic mass is 16.2. The summed E-state index contributed by atoms with van der Waals surface area (Å²) in [4.78, 5) is 14.6. The summed E-state index contributed by atoms with van der Waals surface area (Å²) in [6.45, 7) is 10.5. The average Bonchev–Trinajstić information content (AvgIpc) is 2.51. The van der Waals surface area contributed by atoms with E-state index in [0.29, 0.717) is 6.42 Å². The van der Waals surface area contributed by atoms with Crippen molar-refractivity contribution in [1.29, 1.82) is 0 Å². The zero-order chi connectivity index (χ0) is 15.8. The predicted molar refractivity (Wildman–Crippen MR) is 87.1 cm³/mol. The molecular formula is C18H28N2O. The van der Waals surface area contributed by atoms with E-state index >= 15 is 0 Å². The van der Waals surface area contributed by atoms with Crippen molar-refractivity contribution in [2.75, 3.05) is 0 Å². The highest BCUT2D eigenvalue weighted by molar-refractivity contribution is 5.78. The normalized spacial score (nSPS) is 24.1. The zero-order valence-corrected chi connectivity index (χ0v) is 13.9. The summed E-state index contributed by atoms with van der Waals surface area (Å²) in [5.74, 6) is 0.221. The fourth-order valence-electron chi connectivity index (χ4n) is 3.25. The lowest BCUT2D eigenvalue weighted by Crippen LogP contribution is -2.51. The molecule has 2 rings (SSSR count). The van der Waals surface area contributed by atoms with Gasteiger partial charge in [0.2, 0.25) is 5.91 Å². The summed E-state index contributed by atoms with van der Waals surface area (Å²) < 4.78 is 0. The van der Waals surface area contributed by atoms with Crippen LogP contribution in [0.3, 0.4) is 0 Å². The van der Waals surface area contributed by atoms with Gasteiger partial charge in [-0.05, 0) is 64.2 Å². The summed E-state index contributed by atoms with van der Waals surface area (Å²) in [5, 5.41) is 0. The molecule has 1 aliphatic rings. The Labute approximate surface area is 128 Å². The lowest BCUT2D eigenvalue weighted by atomic mass is 9.91. The van der Waals surface area contributed by atoms with Gasteiger partial charge in [0.05, 0.1) is 6.04 Å². The van der Waals surface area contributed by atoms with E-state index in [1.54, 1.807) is 0 Å². The minimum Gasteiger partial charge on any atom is -0.329 e. The van der Waals surface area contributed by atoms with Gasteiger partial charge >= 0.3 is 0 Å². The van der Waals surface area contributed by atoms with Crippen LogP contribution in [0.1, 0.15) is 62.8 Å². The molecule has 2 atom stereocenters. The van der Waals surface area contributed by atoms with E-state index in [1.807, 2.05) is 4.90 Å². The van der Waals surface area contributed by atoms with E-state index in [4.69, 9.17) is 5.73 Å². The van der Waals surface area contributed by atoms with E-state index in [-0.39, 0.29) is 23.5 Å². The van der Waals surface area contributed by atoms with Crippen LogP contribution in [0.4, 0.5) is 0 Å². The van der Waals surface area contributed by atoms with Crippen LogP contribution in [-0.2, 0) is 4.79 Å². The smallest absolute Gasteiger partial charge is 0.223 e. The van der Waals surface area contributed by atoms with Crippen LogP contribution < -0.4 is 5.73 Å². The minimum absolute atomic E-state index is 0.00205. The van der Waals surface area contributed by atoms with Crippen LogP contribution >= 0.6 is 0 Å². The van der Waals surface area contributed by atoms with Crippen LogP contribution in [-0.4, -0.2) is 22.4 Å². The molecule has 0 spiro atoms. The third-order valence-corrected chi connectivity index (χ3v) is 4.48. The molecular weight excluding hydrogens is 260 g/mol. The zero-order valence-electron chi connectivity index (χ0n) is 13.9. The number of carbonyl (C=O) groups excluding carboxylic acids is 1. The molecule has 1 fully saturated rings. The number of carbonyl (C=O) groups is 1. The van der Waals surface area contributed by atoms with Crippen molar-refractivity contribution in [1.82, 2.24) is 4.90 Å². The van der Waals surface area contributed by atoms with Gasteiger partial charge in [-0.2, -0.15) is 0 Å². The molecule has 116 valence electrons. The molecule has 2 unspecified atom stereocenters. The SMILES string of the molecule is Cc1ccc(C2C(N)CCCC(=O)N2C(C)(C)C)cc1C. The number of hydrogen-bond donors (Lipinski definition) is 1. The molecule has 0 bridgehead atoms. The van der Waals surface area contributed by atoms with Crippen LogP contribution in [0.15, 0.2) is 18.2 Å². The van der Waals surface area contributed by atoms with Crippen molar-refractivity contribution in [3.63, 3.8) is 0 Å². The third-order valence-electron chi connectivity index (χ3n) is 4.48. The number of rotatable bonds is 1. The van der Waals surface area contributed by atoms with E-state index in [1.165, 1.54) is 11.1 Å². The maximum Gasteiger partial charge on any atom is 0.223 e. The summed E-state index contributed by atoms with van der Waals surface area (Å²) >= 11 is 0. The third kappa shape index (κ3) is 3.29. The first-order chi connectivity index (χ1) is 9.71. The van der Waals surface area contributed by atoms with Gasteiger partial charge in [0.1, 0.15) is 0 Å². The molecule has 1 saturated heterocycles. The van der Waals surface area contributed by atoms with Gasteiger partial charge in [0, 0.05) is 18.0 Å². The fourth-order valence-corrected chi connectivity index (χ4v) is 3.25. The second-order valence-corrected chi connectivity index (χ2v) is 7.28. The number of benzene rings is 1. The number of nitrogens with zero attached hydrogens (tertiary/aromatic N) is 1. The second-order valence-electron chi connectivity index (χ2n) is 7.28. The van der Waals surface area contributed by atoms with E-state index in [0.717, 1.165) is 18.4 Å². The Hall–Kier alpha value is -1.35. The highest BCUT2D eigenvalue weighted by Gasteiger charge is 2.38. The standard InChI is InChI=1S/C18H28N2O/c1-12-9-10-14(11-13(12)2)17-15(19)7-6-8-16(21)20(17)18(3,4)5/h9-11,15,17H,6-8,19H2,1-5H3. The van der Waals surface area contributed by atoms with Gasteiger partial charge in [0.15, 0.2) is 0 Å². The van der Waals surface area contributed by atoms with Crippen LogP contribution in [0.5, 0.6) is 0 Å². The Balaban J connectivity index is 2.51. The number of aryl methyl sites for hydroxylation is 2. The van der Waals surface area contributed by atoms with E-state index < -0.39 is 0 Å². The number of likely N-dealkylation sites (tertiary alicyclic amines) is 1. The van der Waals surface area contributed by atoms with Gasteiger partial charge in [-0.1, -0.05) is 18.2 Å². The minimum atomic E-state index is -0.220. The average molecular weight is 288 g/mol. The molecule has 0 saturated carbocycles. The summed E-state index contributed by atoms with van der Waals surface area (Å²) in [5.41, 5.74) is 9.93. The summed E-state index contributed by atoms with van der Waals surface area (Å²) in [7, 11) is 0. The summed E-state index contributed by atoms with van der Waals surface area (Å²) in [6.07, 6.45) is 2.39. The second kappa shape index (κ2) is 5.80. The molecule has 1 aliphatic heterocycles. The lowest BCUT2D eigenvalue weighted by molar-refractivity contribution is -0.139. The molecule has 3 nitrogen and oxygen atoms in total. The largest absolute Gasteiger partial charge is 0.329 e. The Bertz CT molecular complexity index is 531. The van der Waals surface area contributed by atoms with Crippen molar-refractivity contribution in [2.45, 2.75) is 71.5 Å². The molecule has 1 amide bonds. The van der Waals surface area contributed by atoms with Crippen molar-refractivity contribution in [3.8, 4) is 0 Å². The van der Waals surface area contributed by atoms with Crippen molar-refractivity contribution >= 4 is 5.91 Å². The molecule has 1 aromatic carbocycles. The molecule has 0 aromatic heterocycles. The first-order valence-corrected chi connectivity index (χ1v) is 7.86.